The van der Waals surface area contributed by atoms with Crippen molar-refractivity contribution < 1.29 is 14.7 Å². The maximum atomic E-state index is 11.4. The molecular formula is C23H33NO3. The standard InChI is InChI=1S/C23H33NO3/c1-14(24-26)19-7-8-20-18-6-5-16-13-17(27-15(2)25)9-11-22(16,3)21(18)10-12-23(19,20)4/h5,7,17-18,20-21,24,26H,1,6,8-13H2,2-4H3/t17-,18+,20+,21+,22+,23-/m1/s1. The van der Waals surface area contributed by atoms with Gasteiger partial charge in [-0.3, -0.25) is 15.5 Å². The van der Waals surface area contributed by atoms with Crippen LogP contribution in [-0.2, 0) is 9.53 Å². The zero-order valence-corrected chi connectivity index (χ0v) is 16.9. The molecule has 4 nitrogen and oxygen atoms in total. The second-order valence-corrected chi connectivity index (χ2v) is 9.63. The van der Waals surface area contributed by atoms with Crippen LogP contribution in [0.5, 0.6) is 0 Å². The van der Waals surface area contributed by atoms with Crippen LogP contribution in [0.2, 0.25) is 0 Å². The third kappa shape index (κ3) is 2.79. The Balaban J connectivity index is 1.58. The summed E-state index contributed by atoms with van der Waals surface area (Å²) in [4.78, 5) is 11.4. The molecule has 0 aliphatic heterocycles. The summed E-state index contributed by atoms with van der Waals surface area (Å²) in [6, 6.07) is 0. The first-order valence-corrected chi connectivity index (χ1v) is 10.5. The molecule has 4 rings (SSSR count). The van der Waals surface area contributed by atoms with Crippen molar-refractivity contribution in [3.63, 3.8) is 0 Å². The molecule has 0 aromatic rings. The lowest BCUT2D eigenvalue weighted by Crippen LogP contribution is -2.50. The fourth-order valence-electron chi connectivity index (χ4n) is 7.06. The van der Waals surface area contributed by atoms with E-state index in [0.29, 0.717) is 23.5 Å². The fourth-order valence-corrected chi connectivity index (χ4v) is 7.06. The first-order valence-electron chi connectivity index (χ1n) is 10.5. The lowest BCUT2D eigenvalue weighted by Gasteiger charge is -2.57. The number of rotatable bonds is 3. The van der Waals surface area contributed by atoms with Crippen LogP contribution in [0.4, 0.5) is 0 Å². The maximum Gasteiger partial charge on any atom is 0.302 e. The number of hydrogen-bond donors (Lipinski definition) is 2. The van der Waals surface area contributed by atoms with Crippen molar-refractivity contribution in [2.45, 2.75) is 71.8 Å². The van der Waals surface area contributed by atoms with Gasteiger partial charge in [-0.25, -0.2) is 0 Å². The molecule has 27 heavy (non-hydrogen) atoms. The summed E-state index contributed by atoms with van der Waals surface area (Å²) in [7, 11) is 0. The minimum Gasteiger partial charge on any atom is -0.462 e. The first kappa shape index (κ1) is 18.8. The monoisotopic (exact) mass is 371 g/mol. The average Bonchev–Trinajstić information content (AvgIpc) is 2.98. The quantitative estimate of drug-likeness (QED) is 0.420. The Labute approximate surface area is 162 Å². The number of ether oxygens (including phenoxy) is 1. The highest BCUT2D eigenvalue weighted by Gasteiger charge is 2.57. The van der Waals surface area contributed by atoms with Crippen LogP contribution in [0.25, 0.3) is 0 Å². The molecule has 0 spiro atoms. The van der Waals surface area contributed by atoms with Crippen LogP contribution >= 0.6 is 0 Å². The van der Waals surface area contributed by atoms with Crippen LogP contribution in [0, 0.1) is 28.6 Å². The number of fused-ring (bicyclic) bond motifs is 5. The summed E-state index contributed by atoms with van der Waals surface area (Å²) in [6.45, 7) is 10.4. The molecule has 2 fully saturated rings. The molecule has 0 radical (unpaired) electrons. The first-order chi connectivity index (χ1) is 12.8. The van der Waals surface area contributed by atoms with E-state index in [-0.39, 0.29) is 22.9 Å². The number of carbonyl (C=O) groups is 1. The van der Waals surface area contributed by atoms with Gasteiger partial charge in [-0.1, -0.05) is 38.2 Å². The highest BCUT2D eigenvalue weighted by molar-refractivity contribution is 5.66. The van der Waals surface area contributed by atoms with Crippen molar-refractivity contribution in [1.82, 2.24) is 5.48 Å². The van der Waals surface area contributed by atoms with Gasteiger partial charge < -0.3 is 4.74 Å². The minimum atomic E-state index is -0.159. The van der Waals surface area contributed by atoms with Gasteiger partial charge in [-0.15, -0.1) is 0 Å². The van der Waals surface area contributed by atoms with Crippen molar-refractivity contribution in [2.24, 2.45) is 28.6 Å². The van der Waals surface area contributed by atoms with E-state index in [4.69, 9.17) is 4.74 Å². The third-order valence-electron chi connectivity index (χ3n) is 8.43. The van der Waals surface area contributed by atoms with Gasteiger partial charge in [0.1, 0.15) is 6.10 Å². The maximum absolute atomic E-state index is 11.4. The summed E-state index contributed by atoms with van der Waals surface area (Å²) in [6.07, 6.45) is 12.4. The van der Waals surface area contributed by atoms with Crippen molar-refractivity contribution in [3.05, 3.63) is 35.6 Å². The molecule has 0 saturated heterocycles. The smallest absolute Gasteiger partial charge is 0.302 e. The molecule has 4 heteroatoms. The van der Waals surface area contributed by atoms with Gasteiger partial charge in [-0.2, -0.15) is 0 Å². The minimum absolute atomic E-state index is 0.0610. The van der Waals surface area contributed by atoms with Crippen LogP contribution in [0.1, 0.15) is 65.7 Å². The number of nitrogens with one attached hydrogen (secondary N) is 1. The Morgan fingerprint density at radius 1 is 1.19 bits per heavy atom. The topological polar surface area (TPSA) is 58.6 Å². The highest BCUT2D eigenvalue weighted by Crippen LogP contribution is 2.65. The van der Waals surface area contributed by atoms with Gasteiger partial charge >= 0.3 is 5.97 Å². The molecule has 0 heterocycles. The normalized spacial score (nSPS) is 42.8. The predicted molar refractivity (Wildman–Crippen MR) is 105 cm³/mol. The summed E-state index contributed by atoms with van der Waals surface area (Å²) < 4.78 is 5.53. The van der Waals surface area contributed by atoms with Gasteiger partial charge in [0.15, 0.2) is 0 Å². The van der Waals surface area contributed by atoms with Gasteiger partial charge in [0.2, 0.25) is 0 Å². The average molecular weight is 372 g/mol. The Hall–Kier alpha value is -1.55. The fraction of sp³-hybridized carbons (Fsp3) is 0.696. The molecule has 0 aromatic heterocycles. The van der Waals surface area contributed by atoms with Crippen molar-refractivity contribution in [2.75, 3.05) is 0 Å². The molecule has 4 aliphatic rings. The molecule has 0 aromatic carbocycles. The van der Waals surface area contributed by atoms with Crippen LogP contribution in [-0.4, -0.2) is 17.3 Å². The highest BCUT2D eigenvalue weighted by atomic mass is 16.5. The molecule has 4 aliphatic carbocycles. The molecule has 0 unspecified atom stereocenters. The van der Waals surface area contributed by atoms with Crippen LogP contribution in [0.3, 0.4) is 0 Å². The van der Waals surface area contributed by atoms with Gasteiger partial charge in [0.05, 0.1) is 5.70 Å². The Kier molecular flexibility index (Phi) is 4.53. The zero-order valence-electron chi connectivity index (χ0n) is 16.9. The molecular weight excluding hydrogens is 338 g/mol. The predicted octanol–water partition coefficient (Wildman–Crippen LogP) is 4.91. The summed E-state index contributed by atoms with van der Waals surface area (Å²) in [5, 5.41) is 9.38. The van der Waals surface area contributed by atoms with E-state index in [9.17, 15) is 10.0 Å². The Morgan fingerprint density at radius 2 is 1.93 bits per heavy atom. The zero-order chi connectivity index (χ0) is 19.4. The summed E-state index contributed by atoms with van der Waals surface area (Å²) in [5.74, 6) is 1.85. The second kappa shape index (κ2) is 6.51. The number of hydrogen-bond acceptors (Lipinski definition) is 4. The number of allylic oxidation sites excluding steroid dienone is 3. The molecule has 2 N–H and O–H groups in total. The summed E-state index contributed by atoms with van der Waals surface area (Å²) in [5.41, 5.74) is 6.06. The lowest BCUT2D eigenvalue weighted by molar-refractivity contribution is -0.148. The Morgan fingerprint density at radius 3 is 2.63 bits per heavy atom. The largest absolute Gasteiger partial charge is 0.462 e. The Bertz CT molecular complexity index is 723. The van der Waals surface area contributed by atoms with Gasteiger partial charge in [0, 0.05) is 13.3 Å². The molecule has 148 valence electrons. The van der Waals surface area contributed by atoms with Crippen molar-refractivity contribution in [3.8, 4) is 0 Å². The second-order valence-electron chi connectivity index (χ2n) is 9.63. The molecule has 6 atom stereocenters. The molecule has 2 saturated carbocycles. The summed E-state index contributed by atoms with van der Waals surface area (Å²) >= 11 is 0. The number of hydroxylamine groups is 1. The third-order valence-corrected chi connectivity index (χ3v) is 8.43. The van der Waals surface area contributed by atoms with E-state index in [2.05, 4.69) is 38.1 Å². The number of esters is 1. The van der Waals surface area contributed by atoms with E-state index < -0.39 is 0 Å². The van der Waals surface area contributed by atoms with Crippen LogP contribution < -0.4 is 5.48 Å². The van der Waals surface area contributed by atoms with E-state index in [1.807, 2.05) is 0 Å². The van der Waals surface area contributed by atoms with Crippen molar-refractivity contribution in [1.29, 1.82) is 0 Å². The number of carbonyl (C=O) groups excluding carboxylic acids is 1. The lowest BCUT2D eigenvalue weighted by atomic mass is 9.47. The molecule has 0 amide bonds. The van der Waals surface area contributed by atoms with Gasteiger partial charge in [-0.05, 0) is 72.7 Å². The van der Waals surface area contributed by atoms with Gasteiger partial charge in [0.25, 0.3) is 0 Å². The van der Waals surface area contributed by atoms with E-state index in [0.717, 1.165) is 38.5 Å². The van der Waals surface area contributed by atoms with E-state index in [1.54, 1.807) is 0 Å². The van der Waals surface area contributed by atoms with E-state index in [1.165, 1.54) is 24.5 Å². The van der Waals surface area contributed by atoms with Crippen LogP contribution in [0.15, 0.2) is 35.6 Å². The molecule has 0 bridgehead atoms. The van der Waals surface area contributed by atoms with Crippen molar-refractivity contribution >= 4 is 5.97 Å². The SMILES string of the molecule is C=C(NO)C1=CC[C@H]2[C@@H]3CC=C4C[C@H](OC(C)=O)CC[C@]4(C)[C@H]3CC[C@]12C. The van der Waals surface area contributed by atoms with E-state index >= 15 is 0 Å².